The number of carbonyl (C=O) groups excluding carboxylic acids is 1. The van der Waals surface area contributed by atoms with Gasteiger partial charge in [0, 0.05) is 13.1 Å². The number of unbranched alkanes of at least 4 members (excludes halogenated alkanes) is 2. The van der Waals surface area contributed by atoms with Crippen molar-refractivity contribution in [2.24, 2.45) is 0 Å². The van der Waals surface area contributed by atoms with Crippen molar-refractivity contribution in [3.8, 4) is 0 Å². The number of ether oxygens (including phenoxy) is 1. The van der Waals surface area contributed by atoms with E-state index < -0.39 is 7.60 Å². The molecule has 0 aliphatic rings. The third-order valence-electron chi connectivity index (χ3n) is 1.40. The van der Waals surface area contributed by atoms with Gasteiger partial charge in [-0.2, -0.15) is 0 Å². The van der Waals surface area contributed by atoms with E-state index in [-0.39, 0.29) is 12.1 Å². The van der Waals surface area contributed by atoms with Gasteiger partial charge in [0.2, 0.25) is 0 Å². The van der Waals surface area contributed by atoms with Crippen molar-refractivity contribution in [3.63, 3.8) is 0 Å². The molecule has 0 saturated heterocycles. The molecule has 0 aromatic heterocycles. The zero-order valence-electron chi connectivity index (χ0n) is 7.60. The lowest BCUT2D eigenvalue weighted by atomic mass is 10.3. The minimum atomic E-state index is -3.84. The Labute approximate surface area is 77.3 Å². The number of hydrogen-bond acceptors (Lipinski definition) is 3. The zero-order chi connectivity index (χ0) is 10.3. The Bertz CT molecular complexity index is 197. The van der Waals surface area contributed by atoms with Crippen molar-refractivity contribution in [1.82, 2.24) is 0 Å². The quantitative estimate of drug-likeness (QED) is 0.386. The number of esters is 1. The maximum Gasteiger partial charge on any atom is 0.325 e. The highest BCUT2D eigenvalue weighted by Gasteiger charge is 2.10. The molecule has 13 heavy (non-hydrogen) atoms. The van der Waals surface area contributed by atoms with Crippen LogP contribution < -0.4 is 0 Å². The molecule has 0 fully saturated rings. The maximum absolute atomic E-state index is 10.4. The molecule has 2 N–H and O–H groups in total. The van der Waals surface area contributed by atoms with Crippen molar-refractivity contribution in [1.29, 1.82) is 0 Å². The number of carbonyl (C=O) groups is 1. The second-order valence-electron chi connectivity index (χ2n) is 2.79. The van der Waals surface area contributed by atoms with Crippen LogP contribution in [-0.2, 0) is 14.1 Å². The fourth-order valence-corrected chi connectivity index (χ4v) is 1.45. The molecule has 78 valence electrons. The molecular formula is C7H15O5P. The van der Waals surface area contributed by atoms with E-state index in [1.807, 2.05) is 0 Å². The summed E-state index contributed by atoms with van der Waals surface area (Å²) < 4.78 is 15.0. The molecule has 0 aromatic carbocycles. The van der Waals surface area contributed by atoms with E-state index >= 15 is 0 Å². The highest BCUT2D eigenvalue weighted by Crippen LogP contribution is 2.35. The smallest absolute Gasteiger partial charge is 0.325 e. The van der Waals surface area contributed by atoms with Crippen LogP contribution >= 0.6 is 7.60 Å². The van der Waals surface area contributed by atoms with Crippen LogP contribution in [0.15, 0.2) is 0 Å². The van der Waals surface area contributed by atoms with Gasteiger partial charge in [0.15, 0.2) is 0 Å². The normalized spacial score (nSPS) is 11.3. The maximum atomic E-state index is 10.4. The van der Waals surface area contributed by atoms with Crippen LogP contribution in [0.1, 0.15) is 26.2 Å². The summed E-state index contributed by atoms with van der Waals surface area (Å²) in [4.78, 5) is 27.3. The Kier molecular flexibility index (Phi) is 5.95. The van der Waals surface area contributed by atoms with Gasteiger partial charge in [-0.25, -0.2) is 0 Å². The summed E-state index contributed by atoms with van der Waals surface area (Å²) in [6, 6.07) is 0. The summed E-state index contributed by atoms with van der Waals surface area (Å²) in [6.07, 6.45) is 1.69. The van der Waals surface area contributed by atoms with Crippen LogP contribution in [0.4, 0.5) is 0 Å². The molecule has 5 nitrogen and oxygen atoms in total. The van der Waals surface area contributed by atoms with Gasteiger partial charge in [-0.3, -0.25) is 9.36 Å². The second kappa shape index (κ2) is 6.13. The lowest BCUT2D eigenvalue weighted by Crippen LogP contribution is -2.00. The minimum absolute atomic E-state index is 0.0902. The Morgan fingerprint density at radius 1 is 1.31 bits per heavy atom. The highest BCUT2D eigenvalue weighted by molar-refractivity contribution is 7.51. The van der Waals surface area contributed by atoms with E-state index in [1.54, 1.807) is 0 Å². The largest absolute Gasteiger partial charge is 0.466 e. The third kappa shape index (κ3) is 11.6. The SMILES string of the molecule is CC(=O)OCCCCCP(=O)(O)O. The van der Waals surface area contributed by atoms with Gasteiger partial charge in [0.05, 0.1) is 6.61 Å². The first-order valence-corrected chi connectivity index (χ1v) is 5.89. The molecule has 0 aromatic rings. The van der Waals surface area contributed by atoms with E-state index in [0.717, 1.165) is 0 Å². The first-order chi connectivity index (χ1) is 5.92. The lowest BCUT2D eigenvalue weighted by Gasteiger charge is -2.03. The fourth-order valence-electron chi connectivity index (χ4n) is 0.813. The van der Waals surface area contributed by atoms with Crippen LogP contribution in [0, 0.1) is 0 Å². The standard InChI is InChI=1S/C7H15O5P/c1-7(8)12-5-3-2-4-6-13(9,10)11/h2-6H2,1H3,(H2,9,10,11). The van der Waals surface area contributed by atoms with Crippen molar-refractivity contribution in [2.45, 2.75) is 26.2 Å². The summed E-state index contributed by atoms with van der Waals surface area (Å²) in [5.74, 6) is -0.324. The van der Waals surface area contributed by atoms with Crippen LogP contribution in [0.25, 0.3) is 0 Å². The average Bonchev–Trinajstić information content (AvgIpc) is 1.93. The highest BCUT2D eigenvalue weighted by atomic mass is 31.2. The Morgan fingerprint density at radius 3 is 2.38 bits per heavy atom. The van der Waals surface area contributed by atoms with Crippen LogP contribution in [0.2, 0.25) is 0 Å². The van der Waals surface area contributed by atoms with Gasteiger partial charge in [-0.1, -0.05) is 0 Å². The zero-order valence-corrected chi connectivity index (χ0v) is 8.50. The fraction of sp³-hybridized carbons (Fsp3) is 0.857. The van der Waals surface area contributed by atoms with Crippen LogP contribution in [0.5, 0.6) is 0 Å². The molecule has 0 bridgehead atoms. The summed E-state index contributed by atoms with van der Waals surface area (Å²) in [5, 5.41) is 0. The van der Waals surface area contributed by atoms with Gasteiger partial charge in [-0.15, -0.1) is 0 Å². The monoisotopic (exact) mass is 210 g/mol. The van der Waals surface area contributed by atoms with Gasteiger partial charge >= 0.3 is 13.6 Å². The molecule has 0 rings (SSSR count). The van der Waals surface area contributed by atoms with Crippen molar-refractivity contribution in [2.75, 3.05) is 12.8 Å². The van der Waals surface area contributed by atoms with E-state index in [1.165, 1.54) is 6.92 Å². The van der Waals surface area contributed by atoms with Crippen LogP contribution in [-0.4, -0.2) is 28.5 Å². The summed E-state index contributed by atoms with van der Waals surface area (Å²) in [6.45, 7) is 1.66. The van der Waals surface area contributed by atoms with Crippen molar-refractivity contribution < 1.29 is 23.9 Å². The third-order valence-corrected chi connectivity index (χ3v) is 2.30. The summed E-state index contributed by atoms with van der Waals surface area (Å²) >= 11 is 0. The molecule has 6 heteroatoms. The van der Waals surface area contributed by atoms with Crippen LogP contribution in [0.3, 0.4) is 0 Å². The summed E-state index contributed by atoms with van der Waals surface area (Å²) in [5.41, 5.74) is 0. The first kappa shape index (κ1) is 12.6. The molecule has 0 amide bonds. The molecule has 0 saturated carbocycles. The van der Waals surface area contributed by atoms with E-state index in [2.05, 4.69) is 4.74 Å². The topological polar surface area (TPSA) is 83.8 Å². The predicted molar refractivity (Wildman–Crippen MR) is 47.4 cm³/mol. The molecule has 0 atom stereocenters. The van der Waals surface area contributed by atoms with E-state index in [0.29, 0.717) is 25.9 Å². The van der Waals surface area contributed by atoms with Gasteiger partial charge in [0.25, 0.3) is 0 Å². The molecule has 0 aliphatic heterocycles. The lowest BCUT2D eigenvalue weighted by molar-refractivity contribution is -0.141. The van der Waals surface area contributed by atoms with E-state index in [4.69, 9.17) is 9.79 Å². The van der Waals surface area contributed by atoms with Gasteiger partial charge in [0.1, 0.15) is 0 Å². The number of hydrogen-bond donors (Lipinski definition) is 2. The molecule has 0 radical (unpaired) electrons. The Balaban J connectivity index is 3.18. The van der Waals surface area contributed by atoms with E-state index in [9.17, 15) is 9.36 Å². The average molecular weight is 210 g/mol. The summed E-state index contributed by atoms with van der Waals surface area (Å²) in [7, 11) is -3.84. The second-order valence-corrected chi connectivity index (χ2v) is 4.57. The first-order valence-electron chi connectivity index (χ1n) is 4.10. The molecule has 0 unspecified atom stereocenters. The number of rotatable bonds is 6. The van der Waals surface area contributed by atoms with Gasteiger partial charge in [-0.05, 0) is 19.3 Å². The Hall–Kier alpha value is -0.380. The molecule has 0 heterocycles. The predicted octanol–water partition coefficient (Wildman–Crippen LogP) is 0.897. The van der Waals surface area contributed by atoms with Gasteiger partial charge < -0.3 is 14.5 Å². The Morgan fingerprint density at radius 2 is 1.92 bits per heavy atom. The van der Waals surface area contributed by atoms with Crippen molar-refractivity contribution >= 4 is 13.6 Å². The molecule has 0 spiro atoms. The molecule has 0 aliphatic carbocycles. The molecular weight excluding hydrogens is 195 g/mol. The minimum Gasteiger partial charge on any atom is -0.466 e. The van der Waals surface area contributed by atoms with Crippen molar-refractivity contribution in [3.05, 3.63) is 0 Å².